The normalized spacial score (nSPS) is 19.3. The van der Waals surface area contributed by atoms with E-state index in [2.05, 4.69) is 0 Å². The van der Waals surface area contributed by atoms with Crippen molar-refractivity contribution >= 4 is 12.3 Å². The molecule has 27 heavy (non-hydrogen) atoms. The van der Waals surface area contributed by atoms with Gasteiger partial charge in [-0.25, -0.2) is 0 Å². The number of aldehydes is 1. The Morgan fingerprint density at radius 1 is 0.926 bits per heavy atom. The molecular weight excluding hydrogens is 352 g/mol. The molecule has 0 N–H and O–H groups in total. The number of carbonyl (C=O) groups excluding carboxylic acids is 2. The average Bonchev–Trinajstić information content (AvgIpc) is 3.27. The standard InChI is InChI=1S/C10H18O4.C8H14O3.C2H6/c1-3-12-9(11)5-4-6-10(2)13-7-8-14-10;1-8(4-2-3-5-9)10-6-7-11-8;1-2/h3-8H2,1-2H3;5H,2-4,6-7H2,1H3;1-2H3. The van der Waals surface area contributed by atoms with Crippen LogP contribution < -0.4 is 0 Å². The average molecular weight is 391 g/mol. The third-order valence-corrected chi connectivity index (χ3v) is 4.07. The lowest BCUT2D eigenvalue weighted by atomic mass is 10.1. The van der Waals surface area contributed by atoms with Crippen LogP contribution in [0.1, 0.15) is 73.1 Å². The third kappa shape index (κ3) is 12.1. The van der Waals surface area contributed by atoms with Gasteiger partial charge in [0.05, 0.1) is 33.0 Å². The first-order valence-corrected chi connectivity index (χ1v) is 10.1. The van der Waals surface area contributed by atoms with Crippen molar-refractivity contribution in [2.24, 2.45) is 0 Å². The van der Waals surface area contributed by atoms with Gasteiger partial charge in [0, 0.05) is 25.7 Å². The first-order valence-electron chi connectivity index (χ1n) is 10.1. The van der Waals surface area contributed by atoms with Gasteiger partial charge in [0.15, 0.2) is 11.6 Å². The van der Waals surface area contributed by atoms with Crippen LogP contribution in [0.4, 0.5) is 0 Å². The molecule has 0 aromatic carbocycles. The van der Waals surface area contributed by atoms with Crippen LogP contribution >= 0.6 is 0 Å². The molecule has 2 aliphatic rings. The third-order valence-electron chi connectivity index (χ3n) is 4.07. The largest absolute Gasteiger partial charge is 0.466 e. The van der Waals surface area contributed by atoms with Crippen molar-refractivity contribution in [2.75, 3.05) is 33.0 Å². The summed E-state index contributed by atoms with van der Waals surface area (Å²) in [7, 11) is 0. The van der Waals surface area contributed by atoms with Crippen molar-refractivity contribution in [1.82, 2.24) is 0 Å². The predicted octanol–water partition coefficient (Wildman–Crippen LogP) is 3.63. The van der Waals surface area contributed by atoms with Gasteiger partial charge >= 0.3 is 5.97 Å². The Bertz CT molecular complexity index is 386. The summed E-state index contributed by atoms with van der Waals surface area (Å²) in [6.45, 7) is 12.7. The first-order chi connectivity index (χ1) is 12.9. The number of hydrogen-bond donors (Lipinski definition) is 0. The van der Waals surface area contributed by atoms with E-state index in [1.165, 1.54) is 0 Å². The van der Waals surface area contributed by atoms with Crippen molar-refractivity contribution in [3.05, 3.63) is 0 Å². The quantitative estimate of drug-likeness (QED) is 0.338. The van der Waals surface area contributed by atoms with Crippen LogP contribution in [-0.4, -0.2) is 56.9 Å². The smallest absolute Gasteiger partial charge is 0.305 e. The summed E-state index contributed by atoms with van der Waals surface area (Å²) in [4.78, 5) is 21.0. The van der Waals surface area contributed by atoms with Gasteiger partial charge in [0.1, 0.15) is 6.29 Å². The second-order valence-electron chi connectivity index (χ2n) is 6.38. The molecule has 160 valence electrons. The summed E-state index contributed by atoms with van der Waals surface area (Å²) in [5.74, 6) is -1.04. The molecule has 2 fully saturated rings. The zero-order valence-electron chi connectivity index (χ0n) is 17.7. The number of ether oxygens (including phenoxy) is 5. The maximum Gasteiger partial charge on any atom is 0.305 e. The van der Waals surface area contributed by atoms with Crippen molar-refractivity contribution in [2.45, 2.75) is 84.7 Å². The first kappa shape index (κ1) is 26.0. The Morgan fingerprint density at radius 3 is 1.78 bits per heavy atom. The van der Waals surface area contributed by atoms with Crippen LogP contribution in [0.25, 0.3) is 0 Å². The summed E-state index contributed by atoms with van der Waals surface area (Å²) in [5.41, 5.74) is 0. The van der Waals surface area contributed by atoms with E-state index in [4.69, 9.17) is 23.7 Å². The van der Waals surface area contributed by atoms with Crippen molar-refractivity contribution in [1.29, 1.82) is 0 Å². The summed E-state index contributed by atoms with van der Waals surface area (Å²) in [6, 6.07) is 0. The topological polar surface area (TPSA) is 80.3 Å². The molecule has 2 saturated heterocycles. The second-order valence-corrected chi connectivity index (χ2v) is 6.38. The Hall–Kier alpha value is -1.02. The molecule has 0 aromatic rings. The molecule has 0 unspecified atom stereocenters. The lowest BCUT2D eigenvalue weighted by molar-refractivity contribution is -0.152. The summed E-state index contributed by atoms with van der Waals surface area (Å²) >= 11 is 0. The Balaban J connectivity index is 0.000000469. The van der Waals surface area contributed by atoms with Gasteiger partial charge in [-0.15, -0.1) is 0 Å². The fraction of sp³-hybridized carbons (Fsp3) is 0.900. The molecule has 0 atom stereocenters. The zero-order valence-corrected chi connectivity index (χ0v) is 17.7. The number of carbonyl (C=O) groups is 2. The molecule has 0 radical (unpaired) electrons. The van der Waals surface area contributed by atoms with E-state index < -0.39 is 11.6 Å². The van der Waals surface area contributed by atoms with Crippen LogP contribution in [0.3, 0.4) is 0 Å². The lowest BCUT2D eigenvalue weighted by Crippen LogP contribution is -2.25. The molecule has 7 heteroatoms. The van der Waals surface area contributed by atoms with E-state index in [0.29, 0.717) is 45.9 Å². The summed E-state index contributed by atoms with van der Waals surface area (Å²) < 4.78 is 26.3. The number of esters is 1. The fourth-order valence-corrected chi connectivity index (χ4v) is 2.70. The van der Waals surface area contributed by atoms with Crippen LogP contribution in [0, 0.1) is 0 Å². The van der Waals surface area contributed by atoms with Gasteiger partial charge in [0.25, 0.3) is 0 Å². The van der Waals surface area contributed by atoms with Crippen LogP contribution in [0.15, 0.2) is 0 Å². The van der Waals surface area contributed by atoms with Crippen molar-refractivity contribution in [3.8, 4) is 0 Å². The van der Waals surface area contributed by atoms with E-state index in [9.17, 15) is 9.59 Å². The number of unbranched alkanes of at least 4 members (excludes halogenated alkanes) is 1. The molecule has 2 heterocycles. The van der Waals surface area contributed by atoms with Crippen LogP contribution in [-0.2, 0) is 33.3 Å². The van der Waals surface area contributed by atoms with E-state index in [1.807, 2.05) is 34.6 Å². The number of rotatable bonds is 9. The van der Waals surface area contributed by atoms with Crippen LogP contribution in [0.2, 0.25) is 0 Å². The molecule has 0 bridgehead atoms. The molecule has 0 amide bonds. The number of hydrogen-bond acceptors (Lipinski definition) is 7. The van der Waals surface area contributed by atoms with E-state index in [-0.39, 0.29) is 5.97 Å². The van der Waals surface area contributed by atoms with E-state index in [0.717, 1.165) is 32.0 Å². The second kappa shape index (κ2) is 15.0. The van der Waals surface area contributed by atoms with Gasteiger partial charge in [-0.2, -0.15) is 0 Å². The van der Waals surface area contributed by atoms with Crippen LogP contribution in [0.5, 0.6) is 0 Å². The molecule has 0 aromatic heterocycles. The molecule has 2 rings (SSSR count). The predicted molar refractivity (Wildman–Crippen MR) is 102 cm³/mol. The highest BCUT2D eigenvalue weighted by Gasteiger charge is 2.30. The minimum atomic E-state index is -0.480. The maximum absolute atomic E-state index is 11.0. The minimum Gasteiger partial charge on any atom is -0.466 e. The summed E-state index contributed by atoms with van der Waals surface area (Å²) in [5, 5.41) is 0. The molecule has 0 saturated carbocycles. The van der Waals surface area contributed by atoms with Gasteiger partial charge in [-0.3, -0.25) is 4.79 Å². The highest BCUT2D eigenvalue weighted by Crippen LogP contribution is 2.25. The van der Waals surface area contributed by atoms with E-state index >= 15 is 0 Å². The SMILES string of the molecule is CC.CC1(CCCC=O)OCCO1.CCOC(=O)CCCC1(C)OCCO1. The molecule has 0 spiro atoms. The van der Waals surface area contributed by atoms with E-state index in [1.54, 1.807) is 0 Å². The van der Waals surface area contributed by atoms with Gasteiger partial charge in [0.2, 0.25) is 0 Å². The Morgan fingerprint density at radius 2 is 1.37 bits per heavy atom. The fourth-order valence-electron chi connectivity index (χ4n) is 2.70. The zero-order chi connectivity index (χ0) is 20.6. The van der Waals surface area contributed by atoms with Crippen molar-refractivity contribution < 1.29 is 33.3 Å². The van der Waals surface area contributed by atoms with Gasteiger partial charge in [-0.05, 0) is 33.6 Å². The Labute approximate surface area is 164 Å². The van der Waals surface area contributed by atoms with Gasteiger partial charge < -0.3 is 28.5 Å². The lowest BCUT2D eigenvalue weighted by Gasteiger charge is -2.21. The highest BCUT2D eigenvalue weighted by atomic mass is 16.7. The molecular formula is C20H38O7. The molecule has 2 aliphatic heterocycles. The molecule has 7 nitrogen and oxygen atoms in total. The van der Waals surface area contributed by atoms with Gasteiger partial charge in [-0.1, -0.05) is 13.8 Å². The Kier molecular flexibility index (Phi) is 14.4. The van der Waals surface area contributed by atoms with Crippen molar-refractivity contribution in [3.63, 3.8) is 0 Å². The molecule has 0 aliphatic carbocycles. The highest BCUT2D eigenvalue weighted by molar-refractivity contribution is 5.69. The maximum atomic E-state index is 11.0. The summed E-state index contributed by atoms with van der Waals surface area (Å²) in [6.07, 6.45) is 5.11. The monoisotopic (exact) mass is 390 g/mol. The minimum absolute atomic E-state index is 0.144.